The van der Waals surface area contributed by atoms with Crippen LogP contribution < -0.4 is 4.90 Å². The SMILES string of the molecule is Cc1ccc(-n2c(SCc3nc(-c4cccs4)no3)nnc2N2CCOCC2)cc1. The van der Waals surface area contributed by atoms with Crippen LogP contribution in [0.2, 0.25) is 0 Å². The second-order valence-electron chi connectivity index (χ2n) is 6.83. The summed E-state index contributed by atoms with van der Waals surface area (Å²) < 4.78 is 13.0. The van der Waals surface area contributed by atoms with Gasteiger partial charge in [0.25, 0.3) is 0 Å². The quantitative estimate of drug-likeness (QED) is 0.419. The van der Waals surface area contributed by atoms with E-state index in [-0.39, 0.29) is 0 Å². The number of nitrogens with zero attached hydrogens (tertiary/aromatic N) is 6. The molecule has 0 unspecified atom stereocenters. The summed E-state index contributed by atoms with van der Waals surface area (Å²) in [5.41, 5.74) is 2.24. The molecule has 3 aromatic heterocycles. The van der Waals surface area contributed by atoms with Gasteiger partial charge in [-0.1, -0.05) is 40.7 Å². The van der Waals surface area contributed by atoms with E-state index in [0.717, 1.165) is 34.8 Å². The topological polar surface area (TPSA) is 82.1 Å². The molecule has 1 aliphatic rings. The molecule has 8 nitrogen and oxygen atoms in total. The van der Waals surface area contributed by atoms with E-state index < -0.39 is 0 Å². The van der Waals surface area contributed by atoms with E-state index >= 15 is 0 Å². The summed E-state index contributed by atoms with van der Waals surface area (Å²) in [4.78, 5) is 7.71. The average Bonchev–Trinajstić information content (AvgIpc) is 3.53. The van der Waals surface area contributed by atoms with E-state index in [1.165, 1.54) is 17.3 Å². The zero-order valence-corrected chi connectivity index (χ0v) is 18.0. The number of hydrogen-bond acceptors (Lipinski definition) is 9. The van der Waals surface area contributed by atoms with Crippen LogP contribution in [0.1, 0.15) is 11.5 Å². The van der Waals surface area contributed by atoms with Crippen LogP contribution >= 0.6 is 23.1 Å². The van der Waals surface area contributed by atoms with Crippen molar-refractivity contribution in [2.24, 2.45) is 0 Å². The first-order valence-electron chi connectivity index (χ1n) is 9.62. The Hall–Kier alpha value is -2.69. The van der Waals surface area contributed by atoms with Crippen LogP contribution in [-0.4, -0.2) is 51.2 Å². The van der Waals surface area contributed by atoms with E-state index in [1.807, 2.05) is 17.5 Å². The van der Waals surface area contributed by atoms with E-state index in [2.05, 4.69) is 61.0 Å². The molecule has 0 aliphatic carbocycles. The number of thiophene rings is 1. The summed E-state index contributed by atoms with van der Waals surface area (Å²) >= 11 is 3.12. The van der Waals surface area contributed by atoms with Gasteiger partial charge in [0.1, 0.15) is 0 Å². The van der Waals surface area contributed by atoms with Crippen molar-refractivity contribution < 1.29 is 9.26 Å². The summed E-state index contributed by atoms with van der Waals surface area (Å²) in [7, 11) is 0. The lowest BCUT2D eigenvalue weighted by Crippen LogP contribution is -2.37. The van der Waals surface area contributed by atoms with Crippen LogP contribution in [0.3, 0.4) is 0 Å². The first kappa shape index (κ1) is 19.3. The van der Waals surface area contributed by atoms with Crippen molar-refractivity contribution in [2.45, 2.75) is 17.8 Å². The van der Waals surface area contributed by atoms with Gasteiger partial charge in [0.2, 0.25) is 17.7 Å². The largest absolute Gasteiger partial charge is 0.378 e. The van der Waals surface area contributed by atoms with Crippen LogP contribution in [0.4, 0.5) is 5.95 Å². The van der Waals surface area contributed by atoms with Crippen molar-refractivity contribution in [2.75, 3.05) is 31.2 Å². The first-order valence-corrected chi connectivity index (χ1v) is 11.5. The molecule has 0 N–H and O–H groups in total. The van der Waals surface area contributed by atoms with Crippen LogP contribution in [-0.2, 0) is 10.5 Å². The third-order valence-electron chi connectivity index (χ3n) is 4.74. The van der Waals surface area contributed by atoms with Gasteiger partial charge in [-0.3, -0.25) is 4.57 Å². The maximum absolute atomic E-state index is 5.50. The molecule has 0 saturated carbocycles. The zero-order chi connectivity index (χ0) is 20.3. The van der Waals surface area contributed by atoms with E-state index in [0.29, 0.717) is 30.7 Å². The molecule has 0 atom stereocenters. The molecule has 4 aromatic rings. The van der Waals surface area contributed by atoms with Crippen LogP contribution in [0, 0.1) is 6.92 Å². The lowest BCUT2D eigenvalue weighted by atomic mass is 10.2. The predicted molar refractivity (Wildman–Crippen MR) is 116 cm³/mol. The van der Waals surface area contributed by atoms with Gasteiger partial charge in [0, 0.05) is 13.1 Å². The maximum Gasteiger partial charge on any atom is 0.237 e. The zero-order valence-electron chi connectivity index (χ0n) is 16.4. The van der Waals surface area contributed by atoms with Crippen molar-refractivity contribution in [1.29, 1.82) is 0 Å². The molecular weight excluding hydrogens is 420 g/mol. The molecule has 154 valence electrons. The van der Waals surface area contributed by atoms with E-state index in [4.69, 9.17) is 9.26 Å². The van der Waals surface area contributed by atoms with Crippen molar-refractivity contribution in [3.63, 3.8) is 0 Å². The van der Waals surface area contributed by atoms with Gasteiger partial charge in [-0.05, 0) is 30.5 Å². The Labute approximate surface area is 181 Å². The number of thioether (sulfide) groups is 1. The Kier molecular flexibility index (Phi) is 5.52. The Morgan fingerprint density at radius 1 is 1.10 bits per heavy atom. The molecule has 4 heterocycles. The predicted octanol–water partition coefficient (Wildman–Crippen LogP) is 3.82. The molecule has 1 fully saturated rings. The van der Waals surface area contributed by atoms with E-state index in [1.54, 1.807) is 11.3 Å². The highest BCUT2D eigenvalue weighted by Crippen LogP contribution is 2.30. The molecule has 0 spiro atoms. The molecule has 0 amide bonds. The van der Waals surface area contributed by atoms with Gasteiger partial charge in [-0.15, -0.1) is 21.5 Å². The lowest BCUT2D eigenvalue weighted by Gasteiger charge is -2.27. The fraction of sp³-hybridized carbons (Fsp3) is 0.300. The van der Waals surface area contributed by atoms with Gasteiger partial charge in [-0.25, -0.2) is 0 Å². The van der Waals surface area contributed by atoms with Crippen LogP contribution in [0.15, 0.2) is 51.5 Å². The number of ether oxygens (including phenoxy) is 1. The van der Waals surface area contributed by atoms with Gasteiger partial charge < -0.3 is 14.2 Å². The fourth-order valence-electron chi connectivity index (χ4n) is 3.19. The van der Waals surface area contributed by atoms with Crippen molar-refractivity contribution in [3.8, 4) is 16.4 Å². The summed E-state index contributed by atoms with van der Waals surface area (Å²) in [5, 5.41) is 15.8. The monoisotopic (exact) mass is 440 g/mol. The summed E-state index contributed by atoms with van der Waals surface area (Å²) in [6, 6.07) is 12.3. The van der Waals surface area contributed by atoms with Crippen LogP contribution in [0.5, 0.6) is 0 Å². The van der Waals surface area contributed by atoms with Crippen molar-refractivity contribution in [3.05, 3.63) is 53.2 Å². The molecular formula is C20H20N6O2S2. The molecule has 1 aliphatic heterocycles. The number of morpholine rings is 1. The first-order chi connectivity index (χ1) is 14.8. The second-order valence-corrected chi connectivity index (χ2v) is 8.72. The smallest absolute Gasteiger partial charge is 0.237 e. The molecule has 5 rings (SSSR count). The Morgan fingerprint density at radius 2 is 1.93 bits per heavy atom. The summed E-state index contributed by atoms with van der Waals surface area (Å²) in [6.45, 7) is 5.05. The third-order valence-corrected chi connectivity index (χ3v) is 6.52. The Balaban J connectivity index is 1.41. The minimum atomic E-state index is 0.519. The normalized spacial score (nSPS) is 14.4. The fourth-order valence-corrected chi connectivity index (χ4v) is 4.62. The van der Waals surface area contributed by atoms with Gasteiger partial charge >= 0.3 is 0 Å². The van der Waals surface area contributed by atoms with Gasteiger partial charge in [-0.2, -0.15) is 4.98 Å². The number of aromatic nitrogens is 5. The van der Waals surface area contributed by atoms with Crippen LogP contribution in [0.25, 0.3) is 16.4 Å². The van der Waals surface area contributed by atoms with E-state index in [9.17, 15) is 0 Å². The Morgan fingerprint density at radius 3 is 2.70 bits per heavy atom. The number of hydrogen-bond donors (Lipinski definition) is 0. The highest BCUT2D eigenvalue weighted by molar-refractivity contribution is 7.98. The summed E-state index contributed by atoms with van der Waals surface area (Å²) in [6.07, 6.45) is 0. The molecule has 0 bridgehead atoms. The Bertz CT molecular complexity index is 1100. The number of aryl methyl sites for hydroxylation is 1. The van der Waals surface area contributed by atoms with Gasteiger partial charge in [0.15, 0.2) is 5.16 Å². The molecule has 30 heavy (non-hydrogen) atoms. The molecule has 10 heteroatoms. The van der Waals surface area contributed by atoms with Crippen molar-refractivity contribution >= 4 is 29.0 Å². The molecule has 1 aromatic carbocycles. The maximum atomic E-state index is 5.50. The number of benzene rings is 1. The minimum absolute atomic E-state index is 0.519. The summed E-state index contributed by atoms with van der Waals surface area (Å²) in [5.74, 6) is 2.53. The number of anilines is 1. The molecule has 0 radical (unpaired) electrons. The minimum Gasteiger partial charge on any atom is -0.378 e. The standard InChI is InChI=1S/C20H20N6O2S2/c1-14-4-6-15(7-5-14)26-19(25-8-10-27-11-9-25)22-23-20(26)30-13-17-21-18(24-28-17)16-3-2-12-29-16/h2-7,12H,8-11,13H2,1H3. The third kappa shape index (κ3) is 3.98. The highest BCUT2D eigenvalue weighted by atomic mass is 32.2. The second kappa shape index (κ2) is 8.58. The van der Waals surface area contributed by atoms with Gasteiger partial charge in [0.05, 0.1) is 29.5 Å². The average molecular weight is 441 g/mol. The lowest BCUT2D eigenvalue weighted by molar-refractivity contribution is 0.122. The highest BCUT2D eigenvalue weighted by Gasteiger charge is 2.22. The number of rotatable bonds is 6. The molecule has 1 saturated heterocycles. The van der Waals surface area contributed by atoms with Crippen molar-refractivity contribution in [1.82, 2.24) is 24.9 Å².